The first-order valence-corrected chi connectivity index (χ1v) is 7.10. The summed E-state index contributed by atoms with van der Waals surface area (Å²) in [5.41, 5.74) is 3.59. The molecule has 2 rings (SSSR count). The molecule has 0 bridgehead atoms. The van der Waals surface area contributed by atoms with E-state index in [1.807, 2.05) is 0 Å². The van der Waals surface area contributed by atoms with E-state index in [0.717, 1.165) is 24.3 Å². The number of nitrogens with two attached hydrogens (primary N) is 1. The molecule has 0 aliphatic heterocycles. The van der Waals surface area contributed by atoms with E-state index in [-0.39, 0.29) is 12.0 Å². The molecule has 2 unspecified atom stereocenters. The first-order chi connectivity index (χ1) is 9.11. The second-order valence-electron chi connectivity index (χ2n) is 5.75. The average molecular weight is 264 g/mol. The quantitative estimate of drug-likeness (QED) is 0.646. The topological polar surface area (TPSA) is 73.1 Å². The SMILES string of the molecule is CC1CCCC(Oc2ncnc(NN)c2C(C)C)C1. The number of ether oxygens (including phenoxy) is 1. The Morgan fingerprint density at radius 2 is 2.16 bits per heavy atom. The van der Waals surface area contributed by atoms with Gasteiger partial charge in [-0.05, 0) is 31.1 Å². The van der Waals surface area contributed by atoms with Crippen molar-refractivity contribution < 1.29 is 4.74 Å². The number of anilines is 1. The van der Waals surface area contributed by atoms with Gasteiger partial charge >= 0.3 is 0 Å². The summed E-state index contributed by atoms with van der Waals surface area (Å²) in [5, 5.41) is 0. The Kier molecular flexibility index (Phi) is 4.58. The molecule has 106 valence electrons. The van der Waals surface area contributed by atoms with Crippen molar-refractivity contribution >= 4 is 5.82 Å². The largest absolute Gasteiger partial charge is 0.474 e. The number of rotatable bonds is 4. The Labute approximate surface area is 114 Å². The van der Waals surface area contributed by atoms with Gasteiger partial charge < -0.3 is 10.2 Å². The number of hydrogen-bond donors (Lipinski definition) is 2. The van der Waals surface area contributed by atoms with Crippen LogP contribution in [0.15, 0.2) is 6.33 Å². The highest BCUT2D eigenvalue weighted by Crippen LogP contribution is 2.33. The molecule has 5 heteroatoms. The van der Waals surface area contributed by atoms with E-state index in [1.54, 1.807) is 0 Å². The molecule has 1 aromatic rings. The number of nitrogens with one attached hydrogen (secondary N) is 1. The molecule has 1 saturated carbocycles. The van der Waals surface area contributed by atoms with Gasteiger partial charge in [0.1, 0.15) is 12.4 Å². The molecule has 1 aliphatic carbocycles. The zero-order chi connectivity index (χ0) is 13.8. The number of aromatic nitrogens is 2. The Morgan fingerprint density at radius 3 is 2.79 bits per heavy atom. The van der Waals surface area contributed by atoms with Crippen LogP contribution in [-0.2, 0) is 0 Å². The van der Waals surface area contributed by atoms with Crippen molar-refractivity contribution in [2.24, 2.45) is 11.8 Å². The van der Waals surface area contributed by atoms with Gasteiger partial charge in [-0.15, -0.1) is 0 Å². The van der Waals surface area contributed by atoms with Gasteiger partial charge in [-0.1, -0.05) is 27.2 Å². The summed E-state index contributed by atoms with van der Waals surface area (Å²) in [6, 6.07) is 0. The van der Waals surface area contributed by atoms with Crippen LogP contribution in [0.5, 0.6) is 5.88 Å². The summed E-state index contributed by atoms with van der Waals surface area (Å²) in [6.07, 6.45) is 6.51. The number of hydrogen-bond acceptors (Lipinski definition) is 5. The molecular weight excluding hydrogens is 240 g/mol. The van der Waals surface area contributed by atoms with Crippen LogP contribution >= 0.6 is 0 Å². The van der Waals surface area contributed by atoms with Crippen LogP contribution in [0.1, 0.15) is 57.9 Å². The minimum absolute atomic E-state index is 0.266. The molecule has 0 aromatic carbocycles. The molecule has 19 heavy (non-hydrogen) atoms. The summed E-state index contributed by atoms with van der Waals surface area (Å²) in [6.45, 7) is 6.47. The van der Waals surface area contributed by atoms with Gasteiger partial charge in [0.2, 0.25) is 5.88 Å². The van der Waals surface area contributed by atoms with E-state index in [0.29, 0.717) is 11.7 Å². The molecule has 5 nitrogen and oxygen atoms in total. The van der Waals surface area contributed by atoms with Crippen LogP contribution in [0.4, 0.5) is 5.82 Å². The van der Waals surface area contributed by atoms with E-state index >= 15 is 0 Å². The molecule has 1 aliphatic rings. The summed E-state index contributed by atoms with van der Waals surface area (Å²) >= 11 is 0. The minimum Gasteiger partial charge on any atom is -0.474 e. The van der Waals surface area contributed by atoms with Gasteiger partial charge in [-0.2, -0.15) is 0 Å². The Balaban J connectivity index is 2.19. The van der Waals surface area contributed by atoms with Crippen LogP contribution in [0.2, 0.25) is 0 Å². The van der Waals surface area contributed by atoms with Crippen LogP contribution in [0, 0.1) is 5.92 Å². The normalized spacial score (nSPS) is 23.4. The lowest BCUT2D eigenvalue weighted by atomic mass is 9.88. The maximum Gasteiger partial charge on any atom is 0.222 e. The predicted octanol–water partition coefficient (Wildman–Crippen LogP) is 2.84. The minimum atomic E-state index is 0.266. The van der Waals surface area contributed by atoms with Crippen molar-refractivity contribution in [1.29, 1.82) is 0 Å². The lowest BCUT2D eigenvalue weighted by Gasteiger charge is -2.28. The molecular formula is C14H24N4O. The third-order valence-corrected chi connectivity index (χ3v) is 3.73. The molecule has 0 spiro atoms. The third-order valence-electron chi connectivity index (χ3n) is 3.73. The van der Waals surface area contributed by atoms with E-state index in [9.17, 15) is 0 Å². The number of nitrogens with zero attached hydrogens (tertiary/aromatic N) is 2. The van der Waals surface area contributed by atoms with Gasteiger partial charge in [-0.3, -0.25) is 0 Å². The van der Waals surface area contributed by atoms with Crippen molar-refractivity contribution in [3.05, 3.63) is 11.9 Å². The highest BCUT2D eigenvalue weighted by Gasteiger charge is 2.23. The fraction of sp³-hybridized carbons (Fsp3) is 0.714. The van der Waals surface area contributed by atoms with Gasteiger partial charge in [-0.25, -0.2) is 15.8 Å². The monoisotopic (exact) mass is 264 g/mol. The van der Waals surface area contributed by atoms with Crippen molar-refractivity contribution in [3.8, 4) is 5.88 Å². The molecule has 0 saturated heterocycles. The van der Waals surface area contributed by atoms with Crippen LogP contribution in [0.25, 0.3) is 0 Å². The maximum atomic E-state index is 6.11. The molecule has 3 N–H and O–H groups in total. The third kappa shape index (κ3) is 3.35. The molecule has 0 radical (unpaired) electrons. The van der Waals surface area contributed by atoms with Crippen LogP contribution in [-0.4, -0.2) is 16.1 Å². The summed E-state index contributed by atoms with van der Waals surface area (Å²) in [5.74, 6) is 7.85. The standard InChI is InChI=1S/C14H24N4O/c1-9(2)12-13(18-15)16-8-17-14(12)19-11-6-4-5-10(3)7-11/h8-11H,4-7,15H2,1-3H3,(H,16,17,18). The summed E-state index contributed by atoms with van der Waals surface area (Å²) in [7, 11) is 0. The highest BCUT2D eigenvalue weighted by molar-refractivity contribution is 5.49. The van der Waals surface area contributed by atoms with Crippen LogP contribution < -0.4 is 16.0 Å². The second-order valence-corrected chi connectivity index (χ2v) is 5.75. The summed E-state index contributed by atoms with van der Waals surface area (Å²) < 4.78 is 6.11. The molecule has 1 fully saturated rings. The highest BCUT2D eigenvalue weighted by atomic mass is 16.5. The number of hydrazine groups is 1. The Bertz CT molecular complexity index is 422. The predicted molar refractivity (Wildman–Crippen MR) is 76.0 cm³/mol. The van der Waals surface area contributed by atoms with Crippen molar-refractivity contribution in [2.75, 3.05) is 5.43 Å². The second kappa shape index (κ2) is 6.19. The van der Waals surface area contributed by atoms with Crippen molar-refractivity contribution in [1.82, 2.24) is 9.97 Å². The van der Waals surface area contributed by atoms with E-state index in [2.05, 4.69) is 36.2 Å². The van der Waals surface area contributed by atoms with E-state index in [1.165, 1.54) is 19.2 Å². The fourth-order valence-electron chi connectivity index (χ4n) is 2.75. The van der Waals surface area contributed by atoms with Crippen LogP contribution in [0.3, 0.4) is 0 Å². The molecule has 1 aromatic heterocycles. The van der Waals surface area contributed by atoms with Gasteiger partial charge in [0, 0.05) is 0 Å². The maximum absolute atomic E-state index is 6.11. The van der Waals surface area contributed by atoms with Crippen molar-refractivity contribution in [3.63, 3.8) is 0 Å². The Morgan fingerprint density at radius 1 is 1.37 bits per heavy atom. The molecule has 0 amide bonds. The van der Waals surface area contributed by atoms with E-state index < -0.39 is 0 Å². The average Bonchev–Trinajstić information content (AvgIpc) is 2.38. The van der Waals surface area contributed by atoms with Gasteiger partial charge in [0.05, 0.1) is 5.56 Å². The fourth-order valence-corrected chi connectivity index (χ4v) is 2.75. The van der Waals surface area contributed by atoms with Gasteiger partial charge in [0.15, 0.2) is 5.82 Å². The first kappa shape index (κ1) is 14.1. The summed E-state index contributed by atoms with van der Waals surface area (Å²) in [4.78, 5) is 8.46. The molecule has 1 heterocycles. The molecule has 2 atom stereocenters. The zero-order valence-corrected chi connectivity index (χ0v) is 12.0. The lowest BCUT2D eigenvalue weighted by molar-refractivity contribution is 0.122. The zero-order valence-electron chi connectivity index (χ0n) is 12.0. The van der Waals surface area contributed by atoms with E-state index in [4.69, 9.17) is 10.6 Å². The number of nitrogen functional groups attached to an aromatic ring is 1. The van der Waals surface area contributed by atoms with Gasteiger partial charge in [0.25, 0.3) is 0 Å². The smallest absolute Gasteiger partial charge is 0.222 e. The lowest BCUT2D eigenvalue weighted by Crippen LogP contribution is -2.25. The Hall–Kier alpha value is -1.36. The first-order valence-electron chi connectivity index (χ1n) is 7.10. The van der Waals surface area contributed by atoms with Crippen molar-refractivity contribution in [2.45, 2.75) is 58.5 Å².